The van der Waals surface area contributed by atoms with E-state index in [0.717, 1.165) is 17.6 Å². The van der Waals surface area contributed by atoms with Crippen molar-refractivity contribution in [1.29, 1.82) is 0 Å². The number of pyridine rings is 2. The van der Waals surface area contributed by atoms with Crippen LogP contribution >= 0.6 is 11.6 Å². The minimum Gasteiger partial charge on any atom is -0.872 e. The van der Waals surface area contributed by atoms with Crippen LogP contribution in [0.25, 0.3) is 11.4 Å². The molecule has 3 N–H and O–H groups in total. The normalized spacial score (nSPS) is 10.3. The van der Waals surface area contributed by atoms with Gasteiger partial charge in [-0.1, -0.05) is 35.5 Å². The van der Waals surface area contributed by atoms with Gasteiger partial charge in [0.25, 0.3) is 0 Å². The van der Waals surface area contributed by atoms with Crippen molar-refractivity contribution in [3.8, 4) is 17.1 Å². The fourth-order valence-corrected chi connectivity index (χ4v) is 2.31. The van der Waals surface area contributed by atoms with Gasteiger partial charge in [0, 0.05) is 23.6 Å². The number of rotatable bonds is 4. The van der Waals surface area contributed by atoms with E-state index in [2.05, 4.69) is 15.0 Å². The zero-order chi connectivity index (χ0) is 19.7. The molecule has 3 aromatic rings. The van der Waals surface area contributed by atoms with Crippen molar-refractivity contribution in [2.45, 2.75) is 0 Å². The first-order chi connectivity index (χ1) is 12.8. The molecule has 0 radical (unpaired) electrons. The molecule has 8 nitrogen and oxygen atoms in total. The number of aliphatic imine (C=N–C) groups is 1. The number of hydrogen-bond donors (Lipinski definition) is 0. The van der Waals surface area contributed by atoms with Crippen LogP contribution in [0.1, 0.15) is 5.56 Å². The molecular formula is C18H17ClN3O5SZn+. The smallest absolute Gasteiger partial charge is 0.872 e. The van der Waals surface area contributed by atoms with Crippen LogP contribution in [0.3, 0.4) is 0 Å². The third kappa shape index (κ3) is 10.2. The maximum atomic E-state index is 11.1. The van der Waals surface area contributed by atoms with Crippen molar-refractivity contribution in [2.24, 2.45) is 4.99 Å². The zero-order valence-corrected chi connectivity index (χ0v) is 19.7. The molecule has 0 saturated carbocycles. The maximum absolute atomic E-state index is 11.1. The van der Waals surface area contributed by atoms with Crippen LogP contribution < -0.4 is 5.11 Å². The van der Waals surface area contributed by atoms with Crippen molar-refractivity contribution in [1.82, 2.24) is 9.97 Å². The Bertz CT molecular complexity index is 969. The Hall–Kier alpha value is -2.23. The van der Waals surface area contributed by atoms with Gasteiger partial charge < -0.3 is 15.1 Å². The Kier molecular flexibility index (Phi) is 12.1. The Morgan fingerprint density at radius 3 is 2.00 bits per heavy atom. The quantitative estimate of drug-likeness (QED) is 0.235. The van der Waals surface area contributed by atoms with Crippen molar-refractivity contribution in [3.63, 3.8) is 0 Å². The Labute approximate surface area is 186 Å². The van der Waals surface area contributed by atoms with Gasteiger partial charge in [0.1, 0.15) is 16.0 Å². The van der Waals surface area contributed by atoms with E-state index in [9.17, 15) is 18.1 Å². The number of benzene rings is 1. The minimum absolute atomic E-state index is 0. The minimum atomic E-state index is -4.40. The van der Waals surface area contributed by atoms with E-state index in [1.165, 1.54) is 18.2 Å². The van der Waals surface area contributed by atoms with Crippen LogP contribution in [0, 0.1) is 0 Å². The molecule has 0 saturated heterocycles. The van der Waals surface area contributed by atoms with Crippen LogP contribution in [-0.4, -0.2) is 35.0 Å². The summed E-state index contributed by atoms with van der Waals surface area (Å²) in [5, 5.41) is 11.5. The second kappa shape index (κ2) is 13.1. The average molecular weight is 488 g/mol. The molecule has 148 valence electrons. The molecule has 29 heavy (non-hydrogen) atoms. The van der Waals surface area contributed by atoms with Crippen molar-refractivity contribution in [2.75, 3.05) is 5.88 Å². The van der Waals surface area contributed by atoms with Crippen LogP contribution in [0.5, 0.6) is 5.75 Å². The first kappa shape index (κ1) is 26.8. The van der Waals surface area contributed by atoms with Gasteiger partial charge in [0.15, 0.2) is 0 Å². The van der Waals surface area contributed by atoms with Gasteiger partial charge in [-0.25, -0.2) is 8.42 Å². The largest absolute Gasteiger partial charge is 2.00 e. The molecule has 0 amide bonds. The second-order valence-electron chi connectivity index (χ2n) is 5.11. The van der Waals surface area contributed by atoms with Gasteiger partial charge in [-0.3, -0.25) is 15.0 Å². The molecule has 2 heterocycles. The van der Waals surface area contributed by atoms with Crippen molar-refractivity contribution < 1.29 is 43.0 Å². The topological polar surface area (TPSA) is 151 Å². The molecule has 11 heteroatoms. The number of nitrogens with zero attached hydrogens (tertiary/aromatic N) is 3. The van der Waals surface area contributed by atoms with Gasteiger partial charge in [-0.15, -0.1) is 0 Å². The number of aromatic nitrogens is 2. The summed E-state index contributed by atoms with van der Waals surface area (Å²) in [6.07, 6.45) is 4.55. The van der Waals surface area contributed by atoms with Crippen molar-refractivity contribution >= 4 is 27.9 Å². The third-order valence-corrected chi connectivity index (χ3v) is 3.73. The molecule has 0 fully saturated rings. The van der Waals surface area contributed by atoms with E-state index >= 15 is 0 Å². The standard InChI is InChI=1S/C10H8N2.C8H8ClNO4S.H2O.Zn/c1-3-7-11-9(5-1)10-6-2-4-8-12-10;9-7-1-2-8(11)6(3-7)4-10-5-15(12,13)14;;/h1-8H;1-4,11H,5H2,(H,12,13,14);1H2;/q;;;+2/p-1/b;10-4+;;. The first-order valence-electron chi connectivity index (χ1n) is 7.57. The number of hydrogen-bond acceptors (Lipinski definition) is 7. The fraction of sp³-hybridized carbons (Fsp3) is 0.0556. The molecule has 0 aliphatic heterocycles. The predicted molar refractivity (Wildman–Crippen MR) is 105 cm³/mol. The molecule has 0 spiro atoms. The fourth-order valence-electron chi connectivity index (χ4n) is 1.88. The zero-order valence-electron chi connectivity index (χ0n) is 15.2. The summed E-state index contributed by atoms with van der Waals surface area (Å²) in [5.74, 6) is -1.23. The van der Waals surface area contributed by atoms with E-state index in [1.54, 1.807) is 12.4 Å². The van der Waals surface area contributed by atoms with Gasteiger partial charge in [0.2, 0.25) is 0 Å². The molecule has 1 aromatic carbocycles. The summed E-state index contributed by atoms with van der Waals surface area (Å²) in [4.78, 5) is 11.7. The molecule has 3 rings (SSSR count). The van der Waals surface area contributed by atoms with Gasteiger partial charge in [-0.05, 0) is 42.0 Å². The maximum Gasteiger partial charge on any atom is 2.00 e. The molecule has 0 aliphatic rings. The second-order valence-corrected chi connectivity index (χ2v) is 6.92. The molecular weight excluding hydrogens is 471 g/mol. The van der Waals surface area contributed by atoms with E-state index < -0.39 is 16.0 Å². The average Bonchev–Trinajstić information content (AvgIpc) is 2.66. The number of halogens is 1. The summed E-state index contributed by atoms with van der Waals surface area (Å²) >= 11 is 5.61. The van der Waals surface area contributed by atoms with E-state index in [1.807, 2.05) is 36.4 Å². The van der Waals surface area contributed by atoms with Crippen LogP contribution in [0.15, 0.2) is 72.0 Å². The Morgan fingerprint density at radius 2 is 1.55 bits per heavy atom. The summed E-state index contributed by atoms with van der Waals surface area (Å²) in [6.45, 7) is 0. The molecule has 0 bridgehead atoms. The van der Waals surface area contributed by atoms with Crippen LogP contribution in [0.4, 0.5) is 0 Å². The van der Waals surface area contributed by atoms with Crippen molar-refractivity contribution in [3.05, 3.63) is 77.6 Å². The van der Waals surface area contributed by atoms with Gasteiger partial charge in [-0.2, -0.15) is 0 Å². The Morgan fingerprint density at radius 1 is 1.00 bits per heavy atom. The predicted octanol–water partition coefficient (Wildman–Crippen LogP) is 1.55. The summed E-state index contributed by atoms with van der Waals surface area (Å²) in [5.41, 5.74) is 1.97. The van der Waals surface area contributed by atoms with Gasteiger partial charge >= 0.3 is 19.5 Å². The van der Waals surface area contributed by atoms with E-state index in [0.29, 0.717) is 5.02 Å². The van der Waals surface area contributed by atoms with E-state index in [-0.39, 0.29) is 36.3 Å². The molecule has 2 aromatic heterocycles. The first-order valence-corrected chi connectivity index (χ1v) is 9.53. The molecule has 0 atom stereocenters. The van der Waals surface area contributed by atoms with Crippen LogP contribution in [0.2, 0.25) is 5.02 Å². The monoisotopic (exact) mass is 486 g/mol. The SMILES string of the molecule is O=S(=O)([O-])C/N=C/c1cc(Cl)ccc1[O-].[OH3+].[Zn+2].c1ccc(-c2ccccn2)nc1. The van der Waals surface area contributed by atoms with E-state index in [4.69, 9.17) is 11.6 Å². The van der Waals surface area contributed by atoms with Crippen LogP contribution in [-0.2, 0) is 35.1 Å². The Balaban J connectivity index is 0.000000514. The third-order valence-electron chi connectivity index (χ3n) is 3.03. The molecule has 0 aliphatic carbocycles. The van der Waals surface area contributed by atoms with Gasteiger partial charge in [0.05, 0.1) is 11.4 Å². The molecule has 0 unspecified atom stereocenters. The summed E-state index contributed by atoms with van der Waals surface area (Å²) < 4.78 is 30.6. The summed E-state index contributed by atoms with van der Waals surface area (Å²) in [7, 11) is -4.40. The summed E-state index contributed by atoms with van der Waals surface area (Å²) in [6, 6.07) is 15.6.